The molecule has 0 radical (unpaired) electrons. The molecule has 8 heteroatoms. The lowest BCUT2D eigenvalue weighted by molar-refractivity contribution is -0.135. The maximum Gasteiger partial charge on any atom is 0.260 e. The molecule has 0 saturated carbocycles. The first-order valence-electron chi connectivity index (χ1n) is 9.43. The number of nitrogens with zero attached hydrogens (tertiary/aromatic N) is 2. The SMILES string of the molecule is O=C(NCCN1CCN(C(=O)COc2ccc(Cl)cc2)CC1)c1ccc(F)cc1. The summed E-state index contributed by atoms with van der Waals surface area (Å²) in [7, 11) is 0. The Morgan fingerprint density at radius 1 is 1.00 bits per heavy atom. The van der Waals surface area contributed by atoms with E-state index in [1.165, 1.54) is 24.3 Å². The van der Waals surface area contributed by atoms with Gasteiger partial charge in [0.25, 0.3) is 11.8 Å². The first kappa shape index (κ1) is 21.1. The van der Waals surface area contributed by atoms with Crippen molar-refractivity contribution in [1.29, 1.82) is 0 Å². The molecule has 154 valence electrons. The lowest BCUT2D eigenvalue weighted by Gasteiger charge is -2.34. The minimum absolute atomic E-state index is 0.00460. The maximum atomic E-state index is 12.9. The fourth-order valence-corrected chi connectivity index (χ4v) is 3.14. The van der Waals surface area contributed by atoms with Crippen molar-refractivity contribution in [3.05, 3.63) is 64.9 Å². The molecule has 0 atom stereocenters. The second-order valence-corrected chi connectivity index (χ2v) is 7.16. The van der Waals surface area contributed by atoms with E-state index in [-0.39, 0.29) is 24.2 Å². The molecule has 1 fully saturated rings. The molecule has 0 bridgehead atoms. The Morgan fingerprint density at radius 3 is 2.31 bits per heavy atom. The zero-order chi connectivity index (χ0) is 20.6. The average molecular weight is 420 g/mol. The van der Waals surface area contributed by atoms with Crippen molar-refractivity contribution in [2.45, 2.75) is 0 Å². The van der Waals surface area contributed by atoms with Gasteiger partial charge in [-0.2, -0.15) is 0 Å². The van der Waals surface area contributed by atoms with E-state index >= 15 is 0 Å². The number of nitrogens with one attached hydrogen (secondary N) is 1. The number of benzene rings is 2. The van der Waals surface area contributed by atoms with Crippen molar-refractivity contribution in [2.24, 2.45) is 0 Å². The number of amides is 2. The third-order valence-electron chi connectivity index (χ3n) is 4.72. The van der Waals surface area contributed by atoms with E-state index in [4.69, 9.17) is 16.3 Å². The fourth-order valence-electron chi connectivity index (χ4n) is 3.02. The van der Waals surface area contributed by atoms with Gasteiger partial charge >= 0.3 is 0 Å². The summed E-state index contributed by atoms with van der Waals surface area (Å²) in [6, 6.07) is 12.3. The van der Waals surface area contributed by atoms with Crippen LogP contribution in [0.15, 0.2) is 48.5 Å². The number of rotatable bonds is 7. The van der Waals surface area contributed by atoms with Crippen LogP contribution in [0.5, 0.6) is 5.75 Å². The Labute approximate surface area is 174 Å². The number of hydrogen-bond donors (Lipinski definition) is 1. The Morgan fingerprint density at radius 2 is 1.66 bits per heavy atom. The highest BCUT2D eigenvalue weighted by atomic mass is 35.5. The van der Waals surface area contributed by atoms with Gasteiger partial charge in [0.05, 0.1) is 0 Å². The van der Waals surface area contributed by atoms with Crippen LogP contribution in [0, 0.1) is 5.82 Å². The molecule has 3 rings (SSSR count). The average Bonchev–Trinajstić information content (AvgIpc) is 2.74. The molecule has 0 aliphatic carbocycles. The quantitative estimate of drug-likeness (QED) is 0.748. The van der Waals surface area contributed by atoms with Crippen molar-refractivity contribution >= 4 is 23.4 Å². The predicted molar refractivity (Wildman–Crippen MR) is 109 cm³/mol. The molecular weight excluding hydrogens is 397 g/mol. The minimum atomic E-state index is -0.368. The number of halogens is 2. The molecule has 1 heterocycles. The molecule has 29 heavy (non-hydrogen) atoms. The van der Waals surface area contributed by atoms with E-state index < -0.39 is 0 Å². The van der Waals surface area contributed by atoms with Crippen molar-refractivity contribution < 1.29 is 18.7 Å². The molecule has 0 aromatic heterocycles. The second-order valence-electron chi connectivity index (χ2n) is 6.73. The summed E-state index contributed by atoms with van der Waals surface area (Å²) < 4.78 is 18.4. The summed E-state index contributed by atoms with van der Waals surface area (Å²) in [6.45, 7) is 3.89. The Bertz CT molecular complexity index is 822. The fraction of sp³-hybridized carbons (Fsp3) is 0.333. The summed E-state index contributed by atoms with van der Waals surface area (Å²) in [5.41, 5.74) is 0.433. The highest BCUT2D eigenvalue weighted by Crippen LogP contribution is 2.15. The standard InChI is InChI=1S/C21H23ClFN3O3/c22-17-3-7-19(8-4-17)29-15-20(27)26-13-11-25(12-14-26)10-9-24-21(28)16-1-5-18(23)6-2-16/h1-8H,9-15H2,(H,24,28). The molecule has 6 nitrogen and oxygen atoms in total. The third-order valence-corrected chi connectivity index (χ3v) is 4.97. The van der Waals surface area contributed by atoms with Crippen LogP contribution in [0.25, 0.3) is 0 Å². The van der Waals surface area contributed by atoms with Crippen molar-refractivity contribution in [3.63, 3.8) is 0 Å². The Hall–Kier alpha value is -2.64. The zero-order valence-corrected chi connectivity index (χ0v) is 16.7. The molecule has 2 amide bonds. The van der Waals surface area contributed by atoms with Crippen LogP contribution in [-0.4, -0.2) is 67.5 Å². The van der Waals surface area contributed by atoms with Gasteiger partial charge in [0, 0.05) is 49.9 Å². The van der Waals surface area contributed by atoms with Gasteiger partial charge in [0.15, 0.2) is 6.61 Å². The van der Waals surface area contributed by atoms with Crippen molar-refractivity contribution in [1.82, 2.24) is 15.1 Å². The predicted octanol–water partition coefficient (Wildman–Crippen LogP) is 2.43. The van der Waals surface area contributed by atoms with Crippen LogP contribution >= 0.6 is 11.6 Å². The van der Waals surface area contributed by atoms with Gasteiger partial charge in [0.1, 0.15) is 11.6 Å². The molecule has 1 saturated heterocycles. The summed E-state index contributed by atoms with van der Waals surface area (Å²) >= 11 is 5.83. The maximum absolute atomic E-state index is 12.9. The van der Waals surface area contributed by atoms with Crippen LogP contribution < -0.4 is 10.1 Å². The van der Waals surface area contributed by atoms with Gasteiger partial charge in [-0.3, -0.25) is 14.5 Å². The van der Waals surface area contributed by atoms with E-state index in [0.717, 1.165) is 13.1 Å². The lowest BCUT2D eigenvalue weighted by Crippen LogP contribution is -2.51. The number of hydrogen-bond acceptors (Lipinski definition) is 4. The molecule has 0 unspecified atom stereocenters. The number of piperazine rings is 1. The summed E-state index contributed by atoms with van der Waals surface area (Å²) in [4.78, 5) is 28.3. The smallest absolute Gasteiger partial charge is 0.260 e. The number of ether oxygens (including phenoxy) is 1. The molecule has 1 aliphatic heterocycles. The molecule has 1 aliphatic rings. The Balaban J connectivity index is 1.33. The third kappa shape index (κ3) is 6.44. The lowest BCUT2D eigenvalue weighted by atomic mass is 10.2. The van der Waals surface area contributed by atoms with Crippen LogP contribution in [0.3, 0.4) is 0 Å². The molecule has 2 aromatic carbocycles. The topological polar surface area (TPSA) is 61.9 Å². The van der Waals surface area contributed by atoms with Crippen LogP contribution in [0.4, 0.5) is 4.39 Å². The van der Waals surface area contributed by atoms with Crippen LogP contribution in [-0.2, 0) is 4.79 Å². The number of carbonyl (C=O) groups excluding carboxylic acids is 2. The van der Waals surface area contributed by atoms with Gasteiger partial charge in [0.2, 0.25) is 0 Å². The van der Waals surface area contributed by atoms with Gasteiger partial charge in [-0.1, -0.05) is 11.6 Å². The van der Waals surface area contributed by atoms with E-state index in [1.54, 1.807) is 29.2 Å². The van der Waals surface area contributed by atoms with Crippen LogP contribution in [0.2, 0.25) is 5.02 Å². The first-order valence-corrected chi connectivity index (χ1v) is 9.81. The largest absolute Gasteiger partial charge is 0.484 e. The van der Waals surface area contributed by atoms with Crippen LogP contribution in [0.1, 0.15) is 10.4 Å². The highest BCUT2D eigenvalue weighted by molar-refractivity contribution is 6.30. The van der Waals surface area contributed by atoms with Crippen molar-refractivity contribution in [2.75, 3.05) is 45.9 Å². The van der Waals surface area contributed by atoms with E-state index in [0.29, 0.717) is 42.5 Å². The van der Waals surface area contributed by atoms with Gasteiger partial charge in [-0.25, -0.2) is 4.39 Å². The zero-order valence-electron chi connectivity index (χ0n) is 15.9. The van der Waals surface area contributed by atoms with E-state index in [1.807, 2.05) is 0 Å². The first-order chi connectivity index (χ1) is 14.0. The monoisotopic (exact) mass is 419 g/mol. The van der Waals surface area contributed by atoms with E-state index in [2.05, 4.69) is 10.2 Å². The summed E-state index contributed by atoms with van der Waals surface area (Å²) in [6.07, 6.45) is 0. The van der Waals surface area contributed by atoms with Crippen molar-refractivity contribution in [3.8, 4) is 5.75 Å². The normalized spacial score (nSPS) is 14.5. The van der Waals surface area contributed by atoms with Gasteiger partial charge in [-0.05, 0) is 48.5 Å². The molecule has 2 aromatic rings. The Kier molecular flexibility index (Phi) is 7.43. The molecule has 1 N–H and O–H groups in total. The molecule has 0 spiro atoms. The van der Waals surface area contributed by atoms with E-state index in [9.17, 15) is 14.0 Å². The number of carbonyl (C=O) groups is 2. The van der Waals surface area contributed by atoms with Gasteiger partial charge in [-0.15, -0.1) is 0 Å². The minimum Gasteiger partial charge on any atom is -0.484 e. The van der Waals surface area contributed by atoms with Gasteiger partial charge < -0.3 is 15.0 Å². The highest BCUT2D eigenvalue weighted by Gasteiger charge is 2.21. The summed E-state index contributed by atoms with van der Waals surface area (Å²) in [5.74, 6) is -0.0341. The molecular formula is C21H23ClFN3O3. The second kappa shape index (κ2) is 10.2. The summed E-state index contributed by atoms with van der Waals surface area (Å²) in [5, 5.41) is 3.45.